The first-order valence-corrected chi connectivity index (χ1v) is 9.63. The highest BCUT2D eigenvalue weighted by Gasteiger charge is 2.24. The Labute approximate surface area is 177 Å². The van der Waals surface area contributed by atoms with Gasteiger partial charge in [0.2, 0.25) is 0 Å². The van der Waals surface area contributed by atoms with Crippen molar-refractivity contribution in [2.45, 2.75) is 19.4 Å². The van der Waals surface area contributed by atoms with Gasteiger partial charge in [0, 0.05) is 10.4 Å². The monoisotopic (exact) mass is 429 g/mol. The van der Waals surface area contributed by atoms with Crippen LogP contribution >= 0.6 is 11.6 Å². The number of halogens is 1. The largest absolute Gasteiger partial charge is 0.497 e. The molecule has 0 bridgehead atoms. The van der Waals surface area contributed by atoms with Gasteiger partial charge in [-0.1, -0.05) is 29.8 Å². The highest BCUT2D eigenvalue weighted by molar-refractivity contribution is 6.31. The lowest BCUT2D eigenvalue weighted by atomic mass is 10.0. The zero-order valence-electron chi connectivity index (χ0n) is 16.4. The quantitative estimate of drug-likeness (QED) is 0.452. The number of carbonyl (C=O) groups is 2. The predicted octanol–water partition coefficient (Wildman–Crippen LogP) is 3.88. The predicted molar refractivity (Wildman–Crippen MR) is 112 cm³/mol. The molecule has 1 heterocycles. The molecule has 8 heteroatoms. The van der Waals surface area contributed by atoms with Crippen molar-refractivity contribution in [2.75, 3.05) is 13.7 Å². The van der Waals surface area contributed by atoms with E-state index in [1.54, 1.807) is 49.4 Å². The lowest BCUT2D eigenvalue weighted by molar-refractivity contribution is -0.143. The van der Waals surface area contributed by atoms with E-state index in [-0.39, 0.29) is 18.6 Å². The number of carbonyl (C=O) groups excluding carboxylic acids is 2. The second kappa shape index (κ2) is 9.45. The first kappa shape index (κ1) is 21.4. The Hall–Kier alpha value is -3.32. The number of methoxy groups -OCH3 is 1. The van der Waals surface area contributed by atoms with Gasteiger partial charge in [0.05, 0.1) is 26.2 Å². The Morgan fingerprint density at radius 2 is 1.93 bits per heavy atom. The van der Waals surface area contributed by atoms with Crippen molar-refractivity contribution in [3.05, 3.63) is 75.1 Å². The summed E-state index contributed by atoms with van der Waals surface area (Å²) >= 11 is 6.25. The maximum Gasteiger partial charge on any atom is 0.349 e. The van der Waals surface area contributed by atoms with E-state index in [0.29, 0.717) is 27.3 Å². The maximum absolute atomic E-state index is 12.9. The van der Waals surface area contributed by atoms with E-state index in [0.717, 1.165) is 0 Å². The van der Waals surface area contributed by atoms with Crippen molar-refractivity contribution >= 4 is 34.4 Å². The summed E-state index contributed by atoms with van der Waals surface area (Å²) in [7, 11) is 1.51. The highest BCUT2D eigenvalue weighted by Crippen LogP contribution is 2.26. The van der Waals surface area contributed by atoms with E-state index in [1.807, 2.05) is 0 Å². The van der Waals surface area contributed by atoms with Gasteiger partial charge in [-0.2, -0.15) is 0 Å². The van der Waals surface area contributed by atoms with E-state index in [1.165, 1.54) is 13.2 Å². The number of benzene rings is 2. The molecule has 1 amide bonds. The molecule has 156 valence electrons. The number of hydrogen-bond acceptors (Lipinski definition) is 6. The summed E-state index contributed by atoms with van der Waals surface area (Å²) in [5.41, 5.74) is -0.130. The van der Waals surface area contributed by atoms with Gasteiger partial charge < -0.3 is 19.2 Å². The minimum Gasteiger partial charge on any atom is -0.497 e. The van der Waals surface area contributed by atoms with Crippen LogP contribution < -0.4 is 15.7 Å². The van der Waals surface area contributed by atoms with E-state index in [4.69, 9.17) is 25.5 Å². The van der Waals surface area contributed by atoms with Gasteiger partial charge in [0.15, 0.2) is 0 Å². The fourth-order valence-corrected chi connectivity index (χ4v) is 3.27. The minimum atomic E-state index is -0.792. The second-order valence-corrected chi connectivity index (χ2v) is 6.82. The van der Waals surface area contributed by atoms with Gasteiger partial charge in [-0.3, -0.25) is 9.59 Å². The zero-order valence-corrected chi connectivity index (χ0v) is 17.2. The summed E-state index contributed by atoms with van der Waals surface area (Å²) in [6.45, 7) is 1.90. The van der Waals surface area contributed by atoms with Crippen LogP contribution in [-0.2, 0) is 9.53 Å². The standard InChI is InChI=1S/C22H20ClNO6/c1-3-29-20(25)12-18(15-6-4-5-7-17(15)23)24-21(26)16-11-13-10-14(28-2)8-9-19(13)30-22(16)27/h4-11,18H,3,12H2,1-2H3,(H,24,26)/t18-/m1/s1. The molecule has 2 aromatic carbocycles. The summed E-state index contributed by atoms with van der Waals surface area (Å²) in [5.74, 6) is -0.639. The van der Waals surface area contributed by atoms with Crippen LogP contribution in [0.15, 0.2) is 57.7 Å². The lowest BCUT2D eigenvalue weighted by Gasteiger charge is -2.19. The van der Waals surface area contributed by atoms with Crippen LogP contribution in [0.25, 0.3) is 11.0 Å². The van der Waals surface area contributed by atoms with Gasteiger partial charge in [-0.05, 0) is 42.8 Å². The lowest BCUT2D eigenvalue weighted by Crippen LogP contribution is -2.33. The number of amides is 1. The van der Waals surface area contributed by atoms with Crippen LogP contribution in [0.4, 0.5) is 0 Å². The first-order chi connectivity index (χ1) is 14.4. The molecule has 1 aromatic heterocycles. The molecule has 1 atom stereocenters. The van der Waals surface area contributed by atoms with Gasteiger partial charge in [0.1, 0.15) is 16.9 Å². The molecule has 0 unspecified atom stereocenters. The fourth-order valence-electron chi connectivity index (χ4n) is 3.01. The third-order valence-corrected chi connectivity index (χ3v) is 4.79. The molecule has 0 aliphatic heterocycles. The topological polar surface area (TPSA) is 94.8 Å². The molecule has 1 N–H and O–H groups in total. The molecular weight excluding hydrogens is 410 g/mol. The van der Waals surface area contributed by atoms with Gasteiger partial charge in [-0.15, -0.1) is 0 Å². The first-order valence-electron chi connectivity index (χ1n) is 9.25. The van der Waals surface area contributed by atoms with Crippen LogP contribution in [0.1, 0.15) is 35.3 Å². The third-order valence-electron chi connectivity index (χ3n) is 4.45. The van der Waals surface area contributed by atoms with Gasteiger partial charge in [-0.25, -0.2) is 4.79 Å². The third kappa shape index (κ3) is 4.80. The number of hydrogen-bond donors (Lipinski definition) is 1. The average Bonchev–Trinajstić information content (AvgIpc) is 2.73. The molecule has 0 radical (unpaired) electrons. The van der Waals surface area contributed by atoms with Crippen LogP contribution in [0, 0.1) is 0 Å². The van der Waals surface area contributed by atoms with Crippen molar-refractivity contribution in [1.82, 2.24) is 5.32 Å². The van der Waals surface area contributed by atoms with Gasteiger partial charge in [0.25, 0.3) is 5.91 Å². The zero-order chi connectivity index (χ0) is 21.7. The molecule has 0 aliphatic carbocycles. The van der Waals surface area contributed by atoms with Crippen LogP contribution in [-0.4, -0.2) is 25.6 Å². The molecule has 0 saturated heterocycles. The van der Waals surface area contributed by atoms with E-state index in [9.17, 15) is 14.4 Å². The number of rotatable bonds is 7. The summed E-state index contributed by atoms with van der Waals surface area (Å²) in [6.07, 6.45) is -0.143. The molecule has 7 nitrogen and oxygen atoms in total. The molecular formula is C22H20ClNO6. The maximum atomic E-state index is 12.9. The Bertz CT molecular complexity index is 1140. The number of nitrogens with one attached hydrogen (secondary N) is 1. The van der Waals surface area contributed by atoms with Crippen molar-refractivity contribution in [3.63, 3.8) is 0 Å². The molecule has 0 aliphatic rings. The van der Waals surface area contributed by atoms with E-state index in [2.05, 4.69) is 5.32 Å². The van der Waals surface area contributed by atoms with Crippen molar-refractivity contribution < 1.29 is 23.5 Å². The molecule has 0 saturated carbocycles. The number of ether oxygens (including phenoxy) is 2. The van der Waals surface area contributed by atoms with E-state index >= 15 is 0 Å². The Morgan fingerprint density at radius 3 is 2.63 bits per heavy atom. The summed E-state index contributed by atoms with van der Waals surface area (Å²) in [5, 5.41) is 3.60. The van der Waals surface area contributed by atoms with Crippen LogP contribution in [0.5, 0.6) is 5.75 Å². The van der Waals surface area contributed by atoms with Crippen LogP contribution in [0.2, 0.25) is 5.02 Å². The SMILES string of the molecule is CCOC(=O)C[C@@H](NC(=O)c1cc2cc(OC)ccc2oc1=O)c1ccccc1Cl. The summed E-state index contributed by atoms with van der Waals surface area (Å²) < 4.78 is 15.4. The molecule has 3 aromatic rings. The van der Waals surface area contributed by atoms with Crippen molar-refractivity contribution in [1.29, 1.82) is 0 Å². The van der Waals surface area contributed by atoms with Gasteiger partial charge >= 0.3 is 11.6 Å². The molecule has 0 spiro atoms. The smallest absolute Gasteiger partial charge is 0.349 e. The Morgan fingerprint density at radius 1 is 1.17 bits per heavy atom. The second-order valence-electron chi connectivity index (χ2n) is 6.41. The van der Waals surface area contributed by atoms with Crippen molar-refractivity contribution in [3.8, 4) is 5.75 Å². The van der Waals surface area contributed by atoms with Crippen molar-refractivity contribution in [2.24, 2.45) is 0 Å². The summed E-state index contributed by atoms with van der Waals surface area (Å²) in [4.78, 5) is 37.3. The molecule has 3 rings (SSSR count). The molecule has 0 fully saturated rings. The number of fused-ring (bicyclic) bond motifs is 1. The fraction of sp³-hybridized carbons (Fsp3) is 0.227. The Balaban J connectivity index is 1.95. The number of esters is 1. The minimum absolute atomic E-state index is 0.143. The van der Waals surface area contributed by atoms with E-state index < -0.39 is 23.5 Å². The Kier molecular flexibility index (Phi) is 6.74. The summed E-state index contributed by atoms with van der Waals surface area (Å²) in [6, 6.07) is 12.3. The van der Waals surface area contributed by atoms with Crippen LogP contribution in [0.3, 0.4) is 0 Å². The highest BCUT2D eigenvalue weighted by atomic mass is 35.5. The molecule has 30 heavy (non-hydrogen) atoms. The average molecular weight is 430 g/mol. The normalized spacial score (nSPS) is 11.7.